The van der Waals surface area contributed by atoms with Gasteiger partial charge in [0.05, 0.1) is 18.2 Å². The lowest BCUT2D eigenvalue weighted by atomic mass is 9.92. The van der Waals surface area contributed by atoms with E-state index in [1.54, 1.807) is 37.3 Å². The SMILES string of the molecule is C[C@]1(c2cccc(Br)c2)NC(=O)N(Cc2ccccc2C#N)C1=O. The molecule has 1 atom stereocenters. The number of carbonyl (C=O) groups is 2. The first-order valence-electron chi connectivity index (χ1n) is 7.34. The second-order valence-electron chi connectivity index (χ2n) is 5.73. The van der Waals surface area contributed by atoms with Crippen molar-refractivity contribution in [2.45, 2.75) is 19.0 Å². The van der Waals surface area contributed by atoms with E-state index in [0.29, 0.717) is 16.7 Å². The Balaban J connectivity index is 1.94. The largest absolute Gasteiger partial charge is 0.325 e. The molecule has 5 nitrogen and oxygen atoms in total. The van der Waals surface area contributed by atoms with Gasteiger partial charge in [0.2, 0.25) is 0 Å². The first-order chi connectivity index (χ1) is 11.5. The molecule has 0 saturated carbocycles. The van der Waals surface area contributed by atoms with Crippen LogP contribution in [0.2, 0.25) is 0 Å². The minimum atomic E-state index is -1.12. The van der Waals surface area contributed by atoms with E-state index in [1.807, 2.05) is 18.2 Å². The molecule has 1 N–H and O–H groups in total. The number of halogens is 1. The van der Waals surface area contributed by atoms with Gasteiger partial charge >= 0.3 is 6.03 Å². The number of nitrogens with one attached hydrogen (secondary N) is 1. The lowest BCUT2D eigenvalue weighted by Crippen LogP contribution is -2.40. The van der Waals surface area contributed by atoms with Crippen LogP contribution >= 0.6 is 15.9 Å². The minimum absolute atomic E-state index is 0.0675. The van der Waals surface area contributed by atoms with Crippen molar-refractivity contribution in [1.29, 1.82) is 5.26 Å². The highest BCUT2D eigenvalue weighted by Gasteiger charge is 2.49. The average molecular weight is 384 g/mol. The zero-order chi connectivity index (χ0) is 17.3. The number of nitrogens with zero attached hydrogens (tertiary/aromatic N) is 2. The van der Waals surface area contributed by atoms with E-state index in [0.717, 1.165) is 9.37 Å². The van der Waals surface area contributed by atoms with E-state index in [9.17, 15) is 14.9 Å². The molecule has 6 heteroatoms. The van der Waals surface area contributed by atoms with Gasteiger partial charge in [-0.2, -0.15) is 5.26 Å². The van der Waals surface area contributed by atoms with Gasteiger partial charge in [0.1, 0.15) is 5.54 Å². The normalized spacial score (nSPS) is 20.0. The molecule has 0 aromatic heterocycles. The number of hydrogen-bond donors (Lipinski definition) is 1. The molecule has 1 saturated heterocycles. The van der Waals surface area contributed by atoms with Crippen LogP contribution in [0.1, 0.15) is 23.6 Å². The molecular weight excluding hydrogens is 370 g/mol. The highest BCUT2D eigenvalue weighted by atomic mass is 79.9. The Bertz CT molecular complexity index is 875. The number of rotatable bonds is 3. The van der Waals surface area contributed by atoms with E-state index in [2.05, 4.69) is 27.3 Å². The smallest absolute Gasteiger partial charge is 0.319 e. The van der Waals surface area contributed by atoms with Crippen molar-refractivity contribution >= 4 is 27.9 Å². The number of imide groups is 1. The minimum Gasteiger partial charge on any atom is -0.319 e. The number of urea groups is 1. The van der Waals surface area contributed by atoms with Gasteiger partial charge in [0.15, 0.2) is 0 Å². The molecule has 3 rings (SSSR count). The predicted molar refractivity (Wildman–Crippen MR) is 91.7 cm³/mol. The first-order valence-corrected chi connectivity index (χ1v) is 8.13. The maximum Gasteiger partial charge on any atom is 0.325 e. The Morgan fingerprint density at radius 2 is 1.96 bits per heavy atom. The zero-order valence-corrected chi connectivity index (χ0v) is 14.5. The summed E-state index contributed by atoms with van der Waals surface area (Å²) in [5.74, 6) is -0.335. The number of carbonyl (C=O) groups excluding carboxylic acids is 2. The fraction of sp³-hybridized carbons (Fsp3) is 0.167. The van der Waals surface area contributed by atoms with Crippen LogP contribution in [0, 0.1) is 11.3 Å². The fourth-order valence-corrected chi connectivity index (χ4v) is 3.17. The van der Waals surface area contributed by atoms with Gasteiger partial charge < -0.3 is 5.32 Å². The maximum absolute atomic E-state index is 12.9. The van der Waals surface area contributed by atoms with Gasteiger partial charge in [0.25, 0.3) is 5.91 Å². The summed E-state index contributed by atoms with van der Waals surface area (Å²) >= 11 is 3.38. The molecule has 1 fully saturated rings. The van der Waals surface area contributed by atoms with Crippen LogP contribution in [0.4, 0.5) is 4.79 Å². The summed E-state index contributed by atoms with van der Waals surface area (Å²) in [5, 5.41) is 11.9. The molecule has 0 spiro atoms. The predicted octanol–water partition coefficient (Wildman–Crippen LogP) is 3.29. The van der Waals surface area contributed by atoms with Crippen molar-refractivity contribution in [2.75, 3.05) is 0 Å². The van der Waals surface area contributed by atoms with Gasteiger partial charge in [0, 0.05) is 4.47 Å². The van der Waals surface area contributed by atoms with E-state index >= 15 is 0 Å². The molecule has 2 aromatic carbocycles. The molecule has 1 aliphatic heterocycles. The van der Waals surface area contributed by atoms with Crippen molar-refractivity contribution in [2.24, 2.45) is 0 Å². The van der Waals surface area contributed by atoms with Crippen LogP contribution in [0.3, 0.4) is 0 Å². The Morgan fingerprint density at radius 3 is 2.67 bits per heavy atom. The molecule has 0 unspecified atom stereocenters. The summed E-state index contributed by atoms with van der Waals surface area (Å²) in [7, 11) is 0. The Kier molecular flexibility index (Phi) is 4.12. The lowest BCUT2D eigenvalue weighted by Gasteiger charge is -2.22. The van der Waals surface area contributed by atoms with Crippen LogP contribution in [0.25, 0.3) is 0 Å². The van der Waals surface area contributed by atoms with Gasteiger partial charge in [-0.15, -0.1) is 0 Å². The molecule has 0 bridgehead atoms. The Hall–Kier alpha value is -2.65. The van der Waals surface area contributed by atoms with Crippen LogP contribution in [-0.4, -0.2) is 16.8 Å². The zero-order valence-electron chi connectivity index (χ0n) is 12.9. The topological polar surface area (TPSA) is 73.2 Å². The van der Waals surface area contributed by atoms with Crippen LogP contribution in [-0.2, 0) is 16.9 Å². The number of benzene rings is 2. The van der Waals surface area contributed by atoms with E-state index < -0.39 is 11.6 Å². The monoisotopic (exact) mass is 383 g/mol. The fourth-order valence-electron chi connectivity index (χ4n) is 2.77. The van der Waals surface area contributed by atoms with E-state index in [1.165, 1.54) is 0 Å². The quantitative estimate of drug-likeness (QED) is 0.826. The number of nitriles is 1. The summed E-state index contributed by atoms with van der Waals surface area (Å²) in [5.41, 5.74) is 0.671. The molecule has 120 valence electrons. The van der Waals surface area contributed by atoms with Gasteiger partial charge in [-0.1, -0.05) is 46.3 Å². The van der Waals surface area contributed by atoms with Crippen LogP contribution in [0.15, 0.2) is 53.0 Å². The summed E-state index contributed by atoms with van der Waals surface area (Å²) in [6.45, 7) is 1.75. The second-order valence-corrected chi connectivity index (χ2v) is 6.64. The number of amides is 3. The van der Waals surface area contributed by atoms with Crippen LogP contribution < -0.4 is 5.32 Å². The molecular formula is C18H14BrN3O2. The molecule has 3 amide bonds. The van der Waals surface area contributed by atoms with Crippen molar-refractivity contribution < 1.29 is 9.59 Å². The van der Waals surface area contributed by atoms with Crippen molar-refractivity contribution in [1.82, 2.24) is 10.2 Å². The molecule has 0 radical (unpaired) electrons. The van der Waals surface area contributed by atoms with Gasteiger partial charge in [-0.05, 0) is 36.2 Å². The maximum atomic E-state index is 12.9. The molecule has 1 aliphatic rings. The summed E-state index contributed by atoms with van der Waals surface area (Å²) in [6, 6.07) is 15.8. The van der Waals surface area contributed by atoms with E-state index in [-0.39, 0.29) is 12.5 Å². The molecule has 0 aliphatic carbocycles. The third-order valence-electron chi connectivity index (χ3n) is 4.14. The van der Waals surface area contributed by atoms with E-state index in [4.69, 9.17) is 0 Å². The molecule has 1 heterocycles. The Morgan fingerprint density at radius 1 is 1.21 bits per heavy atom. The van der Waals surface area contributed by atoms with Crippen LogP contribution in [0.5, 0.6) is 0 Å². The van der Waals surface area contributed by atoms with Crippen molar-refractivity contribution in [3.05, 3.63) is 69.7 Å². The Labute approximate surface area is 148 Å². The molecule has 24 heavy (non-hydrogen) atoms. The second kappa shape index (κ2) is 6.10. The standard InChI is InChI=1S/C18H14BrN3O2/c1-18(14-7-4-8-15(19)9-14)16(23)22(17(24)21-18)11-13-6-3-2-5-12(13)10-20/h2-9H,11H2,1H3,(H,21,24)/t18-/m1/s1. The van der Waals surface area contributed by atoms with Gasteiger partial charge in [-0.3, -0.25) is 9.69 Å². The highest BCUT2D eigenvalue weighted by Crippen LogP contribution is 2.31. The van der Waals surface area contributed by atoms with Crippen molar-refractivity contribution in [3.8, 4) is 6.07 Å². The summed E-state index contributed by atoms with van der Waals surface area (Å²) in [6.07, 6.45) is 0. The average Bonchev–Trinajstić information content (AvgIpc) is 2.80. The third kappa shape index (κ3) is 2.68. The van der Waals surface area contributed by atoms with Crippen molar-refractivity contribution in [3.63, 3.8) is 0 Å². The first kappa shape index (κ1) is 16.2. The summed E-state index contributed by atoms with van der Waals surface area (Å²) < 4.78 is 0.830. The lowest BCUT2D eigenvalue weighted by molar-refractivity contribution is -0.131. The molecule has 2 aromatic rings. The van der Waals surface area contributed by atoms with Gasteiger partial charge in [-0.25, -0.2) is 4.79 Å². The highest BCUT2D eigenvalue weighted by molar-refractivity contribution is 9.10. The third-order valence-corrected chi connectivity index (χ3v) is 4.64. The summed E-state index contributed by atoms with van der Waals surface area (Å²) in [4.78, 5) is 26.4. The number of hydrogen-bond acceptors (Lipinski definition) is 3.